The van der Waals surface area contributed by atoms with E-state index in [0.717, 1.165) is 38.8 Å². The van der Waals surface area contributed by atoms with E-state index in [1.54, 1.807) is 31.8 Å². The molecule has 286 valence electrons. The smallest absolute Gasteiger partial charge is 0.429 e. The van der Waals surface area contributed by atoms with Crippen molar-refractivity contribution in [2.45, 2.75) is 64.9 Å². The van der Waals surface area contributed by atoms with Crippen LogP contribution in [0.15, 0.2) is 42.4 Å². The molecule has 0 atom stereocenters. The van der Waals surface area contributed by atoms with Gasteiger partial charge in [-0.3, -0.25) is 14.9 Å². The van der Waals surface area contributed by atoms with Crippen LogP contribution < -0.4 is 14.5 Å². The number of fused-ring (bicyclic) bond motifs is 2. The summed E-state index contributed by atoms with van der Waals surface area (Å²) in [6, 6.07) is 5.67. The van der Waals surface area contributed by atoms with Crippen molar-refractivity contribution in [3.8, 4) is 35.4 Å². The summed E-state index contributed by atoms with van der Waals surface area (Å²) in [5.74, 6) is 1.31. The summed E-state index contributed by atoms with van der Waals surface area (Å²) in [5, 5.41) is 3.99. The summed E-state index contributed by atoms with van der Waals surface area (Å²) >= 11 is 0. The van der Waals surface area contributed by atoms with Crippen LogP contribution >= 0.6 is 0 Å². The van der Waals surface area contributed by atoms with Crippen molar-refractivity contribution in [1.82, 2.24) is 24.9 Å². The van der Waals surface area contributed by atoms with Crippen molar-refractivity contribution in [3.05, 3.63) is 59.6 Å². The van der Waals surface area contributed by atoms with E-state index in [9.17, 15) is 9.18 Å². The van der Waals surface area contributed by atoms with Crippen molar-refractivity contribution < 1.29 is 36.9 Å². The number of hydrogen-bond acceptors (Lipinski definition) is 10. The number of halogens is 3. The first-order valence-electron chi connectivity index (χ1n) is 18.1. The number of hydrogen-bond donors (Lipinski definition) is 0. The molecule has 1 amide bonds. The fourth-order valence-electron chi connectivity index (χ4n) is 6.76. The number of rotatable bonds is 10. The van der Waals surface area contributed by atoms with E-state index in [1.165, 1.54) is 36.5 Å². The molecule has 0 unspecified atom stereocenters. The van der Waals surface area contributed by atoms with Gasteiger partial charge in [-0.05, 0) is 89.6 Å². The highest BCUT2D eigenvalue weighted by molar-refractivity contribution is 6.03. The monoisotopic (exact) mass is 746 g/mol. The Morgan fingerprint density at radius 3 is 2.44 bits per heavy atom. The Kier molecular flexibility index (Phi) is 12.1. The SMILES string of the molecule is C#Cc1c(F)ccc2cc(OCOC)cc(-c3ncc4c(N5CCCCCN5C(=O)OC(C)(C)C)nc(OC/C(=C/F)CN5CCCCC5)nc4c3F)c12. The number of carbonyl (C=O) groups is 1. The normalized spacial score (nSPS) is 16.0. The molecule has 0 bridgehead atoms. The van der Waals surface area contributed by atoms with Crippen LogP contribution in [0.1, 0.15) is 64.9 Å². The summed E-state index contributed by atoms with van der Waals surface area (Å²) in [6.07, 6.45) is 12.5. The number of likely N-dealkylation sites (tertiary alicyclic amines) is 1. The van der Waals surface area contributed by atoms with Crippen LogP contribution in [-0.2, 0) is 9.47 Å². The fourth-order valence-corrected chi connectivity index (χ4v) is 6.76. The number of anilines is 1. The standard InChI is InChI=1S/C40H45F3N6O5/c1-6-29-32(42)14-13-27-19-28(53-25-51-5)20-30(33(27)29)35-34(43)36-31(22-44-35)37(48-17-11-8-12-18-49(48)39(50)54-40(2,3)4)46-38(45-36)52-24-26(21-41)23-47-15-9-7-10-16-47/h1,13-14,19-22H,7-12,15-18,23-25H2,2-5H3/b26-21+. The second-order valence-electron chi connectivity index (χ2n) is 14.4. The first-order valence-corrected chi connectivity index (χ1v) is 18.1. The molecule has 0 saturated carbocycles. The third kappa shape index (κ3) is 8.63. The van der Waals surface area contributed by atoms with Crippen molar-refractivity contribution in [3.63, 3.8) is 0 Å². The van der Waals surface area contributed by atoms with Gasteiger partial charge < -0.3 is 18.9 Å². The summed E-state index contributed by atoms with van der Waals surface area (Å²) in [4.78, 5) is 29.5. The molecular formula is C40H45F3N6O5. The molecule has 2 aliphatic rings. The number of carbonyl (C=O) groups excluding carboxylic acids is 1. The molecule has 0 N–H and O–H groups in total. The van der Waals surface area contributed by atoms with Gasteiger partial charge in [-0.25, -0.2) is 23.0 Å². The third-order valence-corrected chi connectivity index (χ3v) is 9.22. The van der Waals surface area contributed by atoms with Gasteiger partial charge in [0.05, 0.1) is 17.3 Å². The highest BCUT2D eigenvalue weighted by Gasteiger charge is 2.32. The minimum Gasteiger partial charge on any atom is -0.468 e. The summed E-state index contributed by atoms with van der Waals surface area (Å²) in [7, 11) is 1.46. The van der Waals surface area contributed by atoms with E-state index in [-0.39, 0.29) is 58.3 Å². The van der Waals surface area contributed by atoms with Gasteiger partial charge in [0, 0.05) is 49.5 Å². The zero-order chi connectivity index (χ0) is 38.4. The van der Waals surface area contributed by atoms with Crippen molar-refractivity contribution in [2.75, 3.05) is 58.2 Å². The molecule has 2 fully saturated rings. The number of terminal acetylenes is 1. The first-order chi connectivity index (χ1) is 26.0. The molecule has 2 aromatic heterocycles. The number of hydrazine groups is 1. The number of amides is 1. The number of piperidine rings is 1. The first kappa shape index (κ1) is 38.6. The van der Waals surface area contributed by atoms with Crippen LogP contribution in [0.3, 0.4) is 0 Å². The average Bonchev–Trinajstić information content (AvgIpc) is 3.42. The van der Waals surface area contributed by atoms with E-state index >= 15 is 8.78 Å². The number of nitrogens with zero attached hydrogens (tertiary/aromatic N) is 6. The minimum absolute atomic E-state index is 0.0775. The molecular weight excluding hydrogens is 701 g/mol. The lowest BCUT2D eigenvalue weighted by Crippen LogP contribution is -2.49. The third-order valence-electron chi connectivity index (χ3n) is 9.22. The highest BCUT2D eigenvalue weighted by atomic mass is 19.1. The van der Waals surface area contributed by atoms with Crippen molar-refractivity contribution in [2.24, 2.45) is 0 Å². The molecule has 11 nitrogen and oxygen atoms in total. The summed E-state index contributed by atoms with van der Waals surface area (Å²) < 4.78 is 69.1. The van der Waals surface area contributed by atoms with E-state index in [0.29, 0.717) is 55.5 Å². The van der Waals surface area contributed by atoms with Gasteiger partial charge in [0.1, 0.15) is 35.0 Å². The van der Waals surface area contributed by atoms with Gasteiger partial charge in [0.15, 0.2) is 18.4 Å². The molecule has 2 aromatic carbocycles. The maximum atomic E-state index is 17.2. The lowest BCUT2D eigenvalue weighted by Gasteiger charge is -2.35. The molecule has 4 heterocycles. The van der Waals surface area contributed by atoms with E-state index in [4.69, 9.17) is 30.4 Å². The van der Waals surface area contributed by atoms with Crippen LogP contribution in [0.4, 0.5) is 23.8 Å². The van der Waals surface area contributed by atoms with Gasteiger partial charge in [-0.1, -0.05) is 18.4 Å². The van der Waals surface area contributed by atoms with E-state index in [1.807, 2.05) is 0 Å². The predicted octanol–water partition coefficient (Wildman–Crippen LogP) is 7.95. The zero-order valence-corrected chi connectivity index (χ0v) is 31.1. The molecule has 14 heteroatoms. The van der Waals surface area contributed by atoms with E-state index < -0.39 is 23.3 Å². The van der Waals surface area contributed by atoms with Gasteiger partial charge >= 0.3 is 12.1 Å². The lowest BCUT2D eigenvalue weighted by atomic mass is 9.95. The molecule has 2 saturated heterocycles. The largest absolute Gasteiger partial charge is 0.468 e. The Balaban J connectivity index is 1.51. The molecule has 0 radical (unpaired) electrons. The van der Waals surface area contributed by atoms with Gasteiger partial charge in [0.25, 0.3) is 0 Å². The van der Waals surface area contributed by atoms with Gasteiger partial charge in [0.2, 0.25) is 0 Å². The number of ether oxygens (including phenoxy) is 4. The molecule has 0 spiro atoms. The van der Waals surface area contributed by atoms with E-state index in [2.05, 4.69) is 20.8 Å². The van der Waals surface area contributed by atoms with Crippen molar-refractivity contribution >= 4 is 33.6 Å². The number of benzene rings is 2. The molecule has 0 aliphatic carbocycles. The summed E-state index contributed by atoms with van der Waals surface area (Å²) in [5.41, 5.74) is -0.725. The Morgan fingerprint density at radius 2 is 1.74 bits per heavy atom. The summed E-state index contributed by atoms with van der Waals surface area (Å²) in [6.45, 7) is 7.74. The maximum Gasteiger partial charge on any atom is 0.429 e. The lowest BCUT2D eigenvalue weighted by molar-refractivity contribution is 0.0232. The second-order valence-corrected chi connectivity index (χ2v) is 14.4. The number of methoxy groups -OCH3 is 1. The predicted molar refractivity (Wildman–Crippen MR) is 200 cm³/mol. The van der Waals surface area contributed by atoms with Crippen LogP contribution in [0, 0.1) is 24.0 Å². The van der Waals surface area contributed by atoms with Crippen LogP contribution in [0.25, 0.3) is 32.9 Å². The topological polar surface area (TPSA) is 102 Å². The Morgan fingerprint density at radius 1 is 1.00 bits per heavy atom. The van der Waals surface area contributed by atoms with Crippen molar-refractivity contribution in [1.29, 1.82) is 0 Å². The van der Waals surface area contributed by atoms with Crippen LogP contribution in [0.2, 0.25) is 0 Å². The zero-order valence-electron chi connectivity index (χ0n) is 31.1. The molecule has 2 aliphatic heterocycles. The van der Waals surface area contributed by atoms with Crippen LogP contribution in [0.5, 0.6) is 11.8 Å². The quantitative estimate of drug-likeness (QED) is 0.117. The second kappa shape index (κ2) is 16.9. The average molecular weight is 747 g/mol. The van der Waals surface area contributed by atoms with Gasteiger partial charge in [-0.15, -0.1) is 6.42 Å². The Bertz CT molecular complexity index is 2080. The highest BCUT2D eigenvalue weighted by Crippen LogP contribution is 2.39. The Hall–Kier alpha value is -5.13. The fraction of sp³-hybridized carbons (Fsp3) is 0.450. The number of pyridine rings is 1. The maximum absolute atomic E-state index is 17.2. The molecule has 4 aromatic rings. The Labute approximate surface area is 313 Å². The number of aromatic nitrogens is 3. The van der Waals surface area contributed by atoms with Crippen LogP contribution in [-0.4, -0.2) is 89.8 Å². The van der Waals surface area contributed by atoms with Gasteiger partial charge in [-0.2, -0.15) is 9.97 Å². The minimum atomic E-state index is -0.883. The molecule has 54 heavy (non-hydrogen) atoms. The molecule has 6 rings (SSSR count).